The Bertz CT molecular complexity index is 939. The summed E-state index contributed by atoms with van der Waals surface area (Å²) in [7, 11) is 0. The van der Waals surface area contributed by atoms with E-state index in [9.17, 15) is 15.0 Å². The van der Waals surface area contributed by atoms with Gasteiger partial charge >= 0.3 is 5.63 Å². The van der Waals surface area contributed by atoms with Crippen molar-refractivity contribution in [1.82, 2.24) is 0 Å². The summed E-state index contributed by atoms with van der Waals surface area (Å²) >= 11 is 0. The van der Waals surface area contributed by atoms with E-state index in [4.69, 9.17) is 4.42 Å². The quantitative estimate of drug-likeness (QED) is 0.575. The highest BCUT2D eigenvalue weighted by Gasteiger charge is 2.15. The molecule has 2 aromatic carbocycles. The van der Waals surface area contributed by atoms with Crippen LogP contribution in [-0.4, -0.2) is 15.9 Å². The largest absolute Gasteiger partial charge is 0.508 e. The average molecular weight is 309 g/mol. The van der Waals surface area contributed by atoms with Gasteiger partial charge in [0, 0.05) is 0 Å². The summed E-state index contributed by atoms with van der Waals surface area (Å²) in [6, 6.07) is 13.4. The number of hydrogen-bond donors (Lipinski definition) is 2. The lowest BCUT2D eigenvalue weighted by Crippen LogP contribution is -2.13. The van der Waals surface area contributed by atoms with Gasteiger partial charge in [-0.15, -0.1) is 0 Å². The Labute approximate surface area is 132 Å². The maximum Gasteiger partial charge on any atom is 0.349 e. The molecule has 23 heavy (non-hydrogen) atoms. The van der Waals surface area contributed by atoms with Crippen molar-refractivity contribution in [3.63, 3.8) is 0 Å². The summed E-state index contributed by atoms with van der Waals surface area (Å²) in [4.78, 5) is 16.4. The Morgan fingerprint density at radius 2 is 1.78 bits per heavy atom. The molecule has 0 fully saturated rings. The van der Waals surface area contributed by atoms with Gasteiger partial charge in [-0.1, -0.05) is 24.3 Å². The summed E-state index contributed by atoms with van der Waals surface area (Å²) in [5.74, 6) is 0.0612. The molecule has 0 aliphatic heterocycles. The first-order valence-electron chi connectivity index (χ1n) is 7.10. The molecule has 0 radical (unpaired) electrons. The zero-order valence-electron chi connectivity index (χ0n) is 12.5. The number of aliphatic imine (C=N–C) groups is 1. The summed E-state index contributed by atoms with van der Waals surface area (Å²) in [5, 5.41) is 20.1. The van der Waals surface area contributed by atoms with Crippen LogP contribution in [0.3, 0.4) is 0 Å². The van der Waals surface area contributed by atoms with E-state index in [-0.39, 0.29) is 17.1 Å². The molecule has 5 nitrogen and oxygen atoms in total. The van der Waals surface area contributed by atoms with Crippen LogP contribution >= 0.6 is 0 Å². The van der Waals surface area contributed by atoms with Gasteiger partial charge < -0.3 is 14.6 Å². The van der Waals surface area contributed by atoms with Crippen molar-refractivity contribution in [2.24, 2.45) is 4.99 Å². The lowest BCUT2D eigenvalue weighted by Gasteiger charge is -2.06. The van der Waals surface area contributed by atoms with E-state index in [0.29, 0.717) is 23.2 Å². The van der Waals surface area contributed by atoms with E-state index >= 15 is 0 Å². The van der Waals surface area contributed by atoms with Crippen LogP contribution in [0.5, 0.6) is 11.5 Å². The van der Waals surface area contributed by atoms with Gasteiger partial charge in [0.05, 0.1) is 17.6 Å². The molecule has 0 spiro atoms. The molecule has 0 saturated carbocycles. The number of nitrogens with zero attached hydrogens (tertiary/aromatic N) is 1. The van der Waals surface area contributed by atoms with Gasteiger partial charge in [0.25, 0.3) is 0 Å². The molecule has 0 atom stereocenters. The first-order valence-corrected chi connectivity index (χ1v) is 7.10. The van der Waals surface area contributed by atoms with Crippen molar-refractivity contribution < 1.29 is 14.6 Å². The monoisotopic (exact) mass is 309 g/mol. The van der Waals surface area contributed by atoms with E-state index in [1.54, 1.807) is 55.5 Å². The van der Waals surface area contributed by atoms with E-state index in [0.717, 1.165) is 5.56 Å². The Hall–Kier alpha value is -3.08. The highest BCUT2D eigenvalue weighted by Crippen LogP contribution is 2.26. The molecule has 0 amide bonds. The summed E-state index contributed by atoms with van der Waals surface area (Å²) < 4.78 is 5.23. The predicted octanol–water partition coefficient (Wildman–Crippen LogP) is 3.21. The van der Waals surface area contributed by atoms with Crippen LogP contribution in [0.2, 0.25) is 0 Å². The van der Waals surface area contributed by atoms with Gasteiger partial charge in [-0.25, -0.2) is 4.79 Å². The fraction of sp³-hybridized carbons (Fsp3) is 0.111. The second kappa shape index (κ2) is 5.96. The number of benzene rings is 2. The minimum atomic E-state index is -0.617. The third-order valence-corrected chi connectivity index (χ3v) is 3.58. The normalized spacial score (nSPS) is 11.8. The van der Waals surface area contributed by atoms with Crippen molar-refractivity contribution in [2.45, 2.75) is 13.5 Å². The number of phenolic OH excluding ortho intramolecular Hbond substituents is 1. The number of hydrogen-bond acceptors (Lipinski definition) is 5. The molecule has 3 aromatic rings. The predicted molar refractivity (Wildman–Crippen MR) is 88.2 cm³/mol. The van der Waals surface area contributed by atoms with Crippen molar-refractivity contribution in [3.8, 4) is 11.5 Å². The van der Waals surface area contributed by atoms with Crippen LogP contribution in [0.25, 0.3) is 11.0 Å². The molecule has 0 unspecified atom stereocenters. The first-order chi connectivity index (χ1) is 11.1. The van der Waals surface area contributed by atoms with Gasteiger partial charge in [0.1, 0.15) is 22.6 Å². The molecular weight excluding hydrogens is 294 g/mol. The summed E-state index contributed by atoms with van der Waals surface area (Å²) in [6.45, 7) is 1.99. The number of rotatable bonds is 3. The van der Waals surface area contributed by atoms with Gasteiger partial charge in [-0.3, -0.25) is 4.99 Å². The Morgan fingerprint density at radius 1 is 1.09 bits per heavy atom. The zero-order chi connectivity index (χ0) is 16.4. The minimum Gasteiger partial charge on any atom is -0.508 e. The van der Waals surface area contributed by atoms with E-state index in [2.05, 4.69) is 4.99 Å². The Kier molecular flexibility index (Phi) is 3.85. The van der Waals surface area contributed by atoms with Gasteiger partial charge in [0.2, 0.25) is 0 Å². The zero-order valence-corrected chi connectivity index (χ0v) is 12.5. The lowest BCUT2D eigenvalue weighted by atomic mass is 10.1. The summed E-state index contributed by atoms with van der Waals surface area (Å²) in [6.07, 6.45) is 0. The third-order valence-electron chi connectivity index (χ3n) is 3.58. The Morgan fingerprint density at radius 3 is 2.52 bits per heavy atom. The van der Waals surface area contributed by atoms with Crippen molar-refractivity contribution in [1.29, 1.82) is 0 Å². The fourth-order valence-electron chi connectivity index (χ4n) is 2.34. The average Bonchev–Trinajstić information content (AvgIpc) is 2.54. The molecule has 1 heterocycles. The fourth-order valence-corrected chi connectivity index (χ4v) is 2.34. The van der Waals surface area contributed by atoms with Crippen LogP contribution in [0.15, 0.2) is 62.7 Å². The van der Waals surface area contributed by atoms with Crippen molar-refractivity contribution in [3.05, 3.63) is 70.1 Å². The van der Waals surface area contributed by atoms with E-state index in [1.165, 1.54) is 0 Å². The van der Waals surface area contributed by atoms with E-state index in [1.807, 2.05) is 0 Å². The molecule has 116 valence electrons. The van der Waals surface area contributed by atoms with E-state index < -0.39 is 5.63 Å². The van der Waals surface area contributed by atoms with Gasteiger partial charge in [-0.2, -0.15) is 0 Å². The molecule has 2 N–H and O–H groups in total. The van der Waals surface area contributed by atoms with Crippen LogP contribution < -0.4 is 5.63 Å². The third kappa shape index (κ3) is 2.94. The standard InChI is InChI=1S/C18H15NO4/c1-11(19-10-12-6-8-13(20)9-7-12)16-17(21)14-4-2-3-5-15(14)23-18(16)22/h2-9,20-21H,10H2,1H3. The molecule has 0 aliphatic rings. The van der Waals surface area contributed by atoms with Crippen LogP contribution in [0, 0.1) is 0 Å². The highest BCUT2D eigenvalue weighted by atomic mass is 16.4. The SMILES string of the molecule is CC(=NCc1ccc(O)cc1)c1c(O)c2ccccc2oc1=O. The van der Waals surface area contributed by atoms with Crippen LogP contribution in [0.4, 0.5) is 0 Å². The number of fused-ring (bicyclic) bond motifs is 1. The van der Waals surface area contributed by atoms with Crippen molar-refractivity contribution >= 4 is 16.7 Å². The first kappa shape index (κ1) is 14.8. The molecule has 0 saturated heterocycles. The number of aromatic hydroxyl groups is 2. The molecule has 1 aromatic heterocycles. The highest BCUT2D eigenvalue weighted by molar-refractivity contribution is 6.04. The maximum atomic E-state index is 12.1. The van der Waals surface area contributed by atoms with Crippen LogP contribution in [-0.2, 0) is 6.54 Å². The summed E-state index contributed by atoms with van der Waals surface area (Å²) in [5.41, 5.74) is 1.07. The second-order valence-electron chi connectivity index (χ2n) is 5.18. The second-order valence-corrected chi connectivity index (χ2v) is 5.18. The van der Waals surface area contributed by atoms with Crippen molar-refractivity contribution in [2.75, 3.05) is 0 Å². The molecule has 5 heteroatoms. The number of para-hydroxylation sites is 1. The Balaban J connectivity index is 2.00. The minimum absolute atomic E-state index is 0.0717. The lowest BCUT2D eigenvalue weighted by molar-refractivity contribution is 0.466. The van der Waals surface area contributed by atoms with Gasteiger partial charge in [-0.05, 0) is 36.8 Å². The smallest absolute Gasteiger partial charge is 0.349 e. The molecule has 3 rings (SSSR count). The topological polar surface area (TPSA) is 83.0 Å². The maximum absolute atomic E-state index is 12.1. The number of phenols is 1. The van der Waals surface area contributed by atoms with Gasteiger partial charge in [0.15, 0.2) is 0 Å². The molecule has 0 aliphatic carbocycles. The molecule has 0 bridgehead atoms. The van der Waals surface area contributed by atoms with Crippen LogP contribution in [0.1, 0.15) is 18.1 Å². The molecular formula is C18H15NO4.